The van der Waals surface area contributed by atoms with E-state index in [1.54, 1.807) is 18.2 Å². The van der Waals surface area contributed by atoms with Crippen molar-refractivity contribution >= 4 is 22.7 Å². The summed E-state index contributed by atoms with van der Waals surface area (Å²) in [7, 11) is 0. The number of anilines is 1. The van der Waals surface area contributed by atoms with Crippen molar-refractivity contribution < 1.29 is 9.21 Å². The van der Waals surface area contributed by atoms with Crippen molar-refractivity contribution in [3.8, 4) is 0 Å². The molecule has 0 bridgehead atoms. The third-order valence-electron chi connectivity index (χ3n) is 2.61. The van der Waals surface area contributed by atoms with Gasteiger partial charge in [-0.1, -0.05) is 0 Å². The van der Waals surface area contributed by atoms with E-state index in [1.807, 2.05) is 13.8 Å². The molecule has 0 saturated carbocycles. The molecule has 5 nitrogen and oxygen atoms in total. The van der Waals surface area contributed by atoms with Crippen molar-refractivity contribution in [3.05, 3.63) is 24.6 Å². The number of carbonyl (C=O) groups is 1. The molecule has 0 aliphatic heterocycles. The summed E-state index contributed by atoms with van der Waals surface area (Å²) in [6.07, 6.45) is 2.43. The van der Waals surface area contributed by atoms with E-state index in [4.69, 9.17) is 10.2 Å². The number of nitrogens with zero attached hydrogens (tertiary/aromatic N) is 1. The molecule has 0 radical (unpaired) electrons. The summed E-state index contributed by atoms with van der Waals surface area (Å²) in [6, 6.07) is 5.37. The average molecular weight is 247 g/mol. The number of amides is 1. The van der Waals surface area contributed by atoms with Gasteiger partial charge in [-0.05, 0) is 32.4 Å². The topological polar surface area (TPSA) is 81.2 Å². The summed E-state index contributed by atoms with van der Waals surface area (Å²) in [4.78, 5) is 15.7. The van der Waals surface area contributed by atoms with Gasteiger partial charge in [0.05, 0.1) is 0 Å². The highest BCUT2D eigenvalue weighted by atomic mass is 16.3. The number of rotatable bonds is 4. The maximum atomic E-state index is 11.7. The highest BCUT2D eigenvalue weighted by Gasteiger charge is 2.13. The second kappa shape index (κ2) is 4.78. The van der Waals surface area contributed by atoms with Crippen LogP contribution in [0.3, 0.4) is 0 Å². The SMILES string of the molecule is CC(C)(N)CCC(=O)Nc1ccc2ncoc2c1. The van der Waals surface area contributed by atoms with Crippen molar-refractivity contribution in [1.29, 1.82) is 0 Å². The predicted octanol–water partition coefficient (Wildman–Crippen LogP) is 2.28. The number of benzene rings is 1. The molecule has 0 unspecified atom stereocenters. The number of hydrogen-bond acceptors (Lipinski definition) is 4. The Bertz CT molecular complexity index is 555. The van der Waals surface area contributed by atoms with Crippen molar-refractivity contribution in [1.82, 2.24) is 4.98 Å². The molecular formula is C13H17N3O2. The first-order valence-corrected chi connectivity index (χ1v) is 5.86. The molecule has 0 saturated heterocycles. The third-order valence-corrected chi connectivity index (χ3v) is 2.61. The van der Waals surface area contributed by atoms with Crippen molar-refractivity contribution in [3.63, 3.8) is 0 Å². The van der Waals surface area contributed by atoms with E-state index in [9.17, 15) is 4.79 Å². The van der Waals surface area contributed by atoms with Gasteiger partial charge in [0.15, 0.2) is 12.0 Å². The lowest BCUT2D eigenvalue weighted by Gasteiger charge is -2.17. The third kappa shape index (κ3) is 3.30. The fraction of sp³-hybridized carbons (Fsp3) is 0.385. The molecule has 96 valence electrons. The van der Waals surface area contributed by atoms with Crippen LogP contribution in [0.4, 0.5) is 5.69 Å². The van der Waals surface area contributed by atoms with Crippen LogP contribution in [0.25, 0.3) is 11.1 Å². The van der Waals surface area contributed by atoms with E-state index in [1.165, 1.54) is 6.39 Å². The summed E-state index contributed by atoms with van der Waals surface area (Å²) in [6.45, 7) is 3.81. The lowest BCUT2D eigenvalue weighted by molar-refractivity contribution is -0.116. The maximum Gasteiger partial charge on any atom is 0.224 e. The highest BCUT2D eigenvalue weighted by molar-refractivity contribution is 5.92. The summed E-state index contributed by atoms with van der Waals surface area (Å²) in [5.74, 6) is -0.0487. The Hall–Kier alpha value is -1.88. The summed E-state index contributed by atoms with van der Waals surface area (Å²) >= 11 is 0. The second-order valence-corrected chi connectivity index (χ2v) is 5.07. The molecule has 18 heavy (non-hydrogen) atoms. The molecule has 3 N–H and O–H groups in total. The molecule has 0 atom stereocenters. The van der Waals surface area contributed by atoms with E-state index >= 15 is 0 Å². The molecule has 1 aromatic heterocycles. The van der Waals surface area contributed by atoms with Gasteiger partial charge in [0.1, 0.15) is 5.52 Å². The lowest BCUT2D eigenvalue weighted by atomic mass is 10.00. The van der Waals surface area contributed by atoms with Crippen LogP contribution in [0.2, 0.25) is 0 Å². The van der Waals surface area contributed by atoms with Crippen LogP contribution >= 0.6 is 0 Å². The Labute approximate surface area is 105 Å². The first-order valence-electron chi connectivity index (χ1n) is 5.86. The van der Waals surface area contributed by atoms with Gasteiger partial charge in [0.2, 0.25) is 5.91 Å². The number of fused-ring (bicyclic) bond motifs is 1. The Balaban J connectivity index is 1.98. The minimum absolute atomic E-state index is 0.0487. The number of hydrogen-bond donors (Lipinski definition) is 2. The smallest absolute Gasteiger partial charge is 0.224 e. The van der Waals surface area contributed by atoms with E-state index in [2.05, 4.69) is 10.3 Å². The van der Waals surface area contributed by atoms with Gasteiger partial charge in [-0.2, -0.15) is 0 Å². The Morgan fingerprint density at radius 1 is 1.50 bits per heavy atom. The Morgan fingerprint density at radius 2 is 2.28 bits per heavy atom. The summed E-state index contributed by atoms with van der Waals surface area (Å²) < 4.78 is 5.17. The second-order valence-electron chi connectivity index (χ2n) is 5.07. The minimum atomic E-state index is -0.327. The van der Waals surface area contributed by atoms with Gasteiger partial charge < -0.3 is 15.5 Å². The summed E-state index contributed by atoms with van der Waals surface area (Å²) in [5.41, 5.74) is 7.65. The van der Waals surface area contributed by atoms with Crippen molar-refractivity contribution in [2.24, 2.45) is 5.73 Å². The normalized spacial score (nSPS) is 11.7. The number of nitrogens with one attached hydrogen (secondary N) is 1. The first-order chi connectivity index (χ1) is 8.44. The van der Waals surface area contributed by atoms with Crippen LogP contribution in [0.1, 0.15) is 26.7 Å². The number of aromatic nitrogens is 1. The fourth-order valence-electron chi connectivity index (χ4n) is 1.59. The molecule has 1 amide bonds. The first kappa shape index (κ1) is 12.6. The molecule has 1 heterocycles. The zero-order chi connectivity index (χ0) is 13.2. The minimum Gasteiger partial charge on any atom is -0.443 e. The van der Waals surface area contributed by atoms with Crippen LogP contribution in [-0.4, -0.2) is 16.4 Å². The zero-order valence-electron chi connectivity index (χ0n) is 10.6. The van der Waals surface area contributed by atoms with Crippen LogP contribution in [0.5, 0.6) is 0 Å². The maximum absolute atomic E-state index is 11.7. The van der Waals surface area contributed by atoms with Gasteiger partial charge in [-0.25, -0.2) is 4.98 Å². The molecule has 2 rings (SSSR count). The quantitative estimate of drug-likeness (QED) is 0.868. The van der Waals surface area contributed by atoms with Gasteiger partial charge >= 0.3 is 0 Å². The van der Waals surface area contributed by atoms with E-state index < -0.39 is 0 Å². The van der Waals surface area contributed by atoms with Crippen molar-refractivity contribution in [2.45, 2.75) is 32.2 Å². The van der Waals surface area contributed by atoms with Gasteiger partial charge in [-0.15, -0.1) is 0 Å². The average Bonchev–Trinajstić information content (AvgIpc) is 2.72. The van der Waals surface area contributed by atoms with E-state index in [0.717, 1.165) is 5.52 Å². The Morgan fingerprint density at radius 3 is 3.00 bits per heavy atom. The fourth-order valence-corrected chi connectivity index (χ4v) is 1.59. The molecular weight excluding hydrogens is 230 g/mol. The van der Waals surface area contributed by atoms with Crippen LogP contribution in [-0.2, 0) is 4.79 Å². The largest absolute Gasteiger partial charge is 0.443 e. The molecule has 1 aromatic carbocycles. The van der Waals surface area contributed by atoms with Crippen molar-refractivity contribution in [2.75, 3.05) is 5.32 Å². The monoisotopic (exact) mass is 247 g/mol. The van der Waals surface area contributed by atoms with E-state index in [0.29, 0.717) is 24.1 Å². The molecule has 5 heteroatoms. The van der Waals surface area contributed by atoms with Gasteiger partial charge in [0, 0.05) is 23.7 Å². The number of carbonyl (C=O) groups excluding carboxylic acids is 1. The Kier molecular flexibility index (Phi) is 3.34. The number of oxazole rings is 1. The molecule has 0 spiro atoms. The molecule has 2 aromatic rings. The molecule has 0 aliphatic carbocycles. The standard InChI is InChI=1S/C13H17N3O2/c1-13(2,14)6-5-12(17)16-9-3-4-10-11(7-9)18-8-15-10/h3-4,7-8H,5-6,14H2,1-2H3,(H,16,17). The van der Waals surface area contributed by atoms with Gasteiger partial charge in [0.25, 0.3) is 0 Å². The van der Waals surface area contributed by atoms with Crippen LogP contribution in [0, 0.1) is 0 Å². The van der Waals surface area contributed by atoms with Crippen LogP contribution in [0.15, 0.2) is 29.0 Å². The zero-order valence-corrected chi connectivity index (χ0v) is 10.6. The van der Waals surface area contributed by atoms with Crippen LogP contribution < -0.4 is 11.1 Å². The summed E-state index contributed by atoms with van der Waals surface area (Å²) in [5, 5.41) is 2.81. The lowest BCUT2D eigenvalue weighted by Crippen LogP contribution is -2.33. The molecule has 0 aliphatic rings. The van der Waals surface area contributed by atoms with Gasteiger partial charge in [-0.3, -0.25) is 4.79 Å². The predicted molar refractivity (Wildman–Crippen MR) is 70.1 cm³/mol. The highest BCUT2D eigenvalue weighted by Crippen LogP contribution is 2.18. The molecule has 0 fully saturated rings. The van der Waals surface area contributed by atoms with E-state index in [-0.39, 0.29) is 11.4 Å². The number of nitrogens with two attached hydrogens (primary N) is 1.